The second kappa shape index (κ2) is 6.84. The standard InChI is InChI=1S/C22H27N3O/c1-22(2,19-8-9-19)25-13-11-24(12-14-25)21-10-7-17(15-23-21)20-6-4-3-5-18(20)16-26/h3-7,10,15-16,19H,8-9,11-14H2,1-2H3. The van der Waals surface area contributed by atoms with E-state index in [2.05, 4.69) is 40.8 Å². The molecular formula is C22H27N3O. The van der Waals surface area contributed by atoms with Crippen molar-refractivity contribution in [1.82, 2.24) is 9.88 Å². The smallest absolute Gasteiger partial charge is 0.150 e. The van der Waals surface area contributed by atoms with Gasteiger partial charge in [-0.15, -0.1) is 0 Å². The summed E-state index contributed by atoms with van der Waals surface area (Å²) in [6, 6.07) is 11.8. The van der Waals surface area contributed by atoms with Crippen LogP contribution >= 0.6 is 0 Å². The van der Waals surface area contributed by atoms with Crippen LogP contribution in [0.4, 0.5) is 5.82 Å². The van der Waals surface area contributed by atoms with Gasteiger partial charge in [-0.25, -0.2) is 4.98 Å². The molecule has 0 unspecified atom stereocenters. The highest BCUT2D eigenvalue weighted by Crippen LogP contribution is 2.43. The molecule has 1 saturated carbocycles. The van der Waals surface area contributed by atoms with Crippen molar-refractivity contribution in [2.45, 2.75) is 32.2 Å². The van der Waals surface area contributed by atoms with E-state index in [-0.39, 0.29) is 0 Å². The Balaban J connectivity index is 1.44. The third-order valence-corrected chi connectivity index (χ3v) is 6.14. The van der Waals surface area contributed by atoms with E-state index in [1.165, 1.54) is 12.8 Å². The van der Waals surface area contributed by atoms with Crippen LogP contribution in [0.2, 0.25) is 0 Å². The van der Waals surface area contributed by atoms with Crippen LogP contribution in [0.15, 0.2) is 42.6 Å². The van der Waals surface area contributed by atoms with Crippen molar-refractivity contribution in [3.63, 3.8) is 0 Å². The van der Waals surface area contributed by atoms with Crippen molar-refractivity contribution < 1.29 is 4.79 Å². The van der Waals surface area contributed by atoms with Gasteiger partial charge >= 0.3 is 0 Å². The Morgan fingerprint density at radius 2 is 1.77 bits per heavy atom. The highest BCUT2D eigenvalue weighted by atomic mass is 16.1. The first-order valence-electron chi connectivity index (χ1n) is 9.60. The number of aromatic nitrogens is 1. The Bertz CT molecular complexity index is 772. The summed E-state index contributed by atoms with van der Waals surface area (Å²) in [4.78, 5) is 20.9. The number of benzene rings is 1. The monoisotopic (exact) mass is 349 g/mol. The molecule has 2 aliphatic rings. The molecular weight excluding hydrogens is 322 g/mol. The largest absolute Gasteiger partial charge is 0.354 e. The average Bonchev–Trinajstić information content (AvgIpc) is 3.54. The van der Waals surface area contributed by atoms with Crippen molar-refractivity contribution in [2.24, 2.45) is 5.92 Å². The summed E-state index contributed by atoms with van der Waals surface area (Å²) < 4.78 is 0. The zero-order valence-electron chi connectivity index (χ0n) is 15.7. The van der Waals surface area contributed by atoms with Crippen LogP contribution in [0.3, 0.4) is 0 Å². The summed E-state index contributed by atoms with van der Waals surface area (Å²) in [6.45, 7) is 9.04. The van der Waals surface area contributed by atoms with E-state index in [0.717, 1.165) is 55.3 Å². The number of pyridine rings is 1. The number of anilines is 1. The summed E-state index contributed by atoms with van der Waals surface area (Å²) in [5, 5.41) is 0. The Kier molecular flexibility index (Phi) is 4.53. The maximum Gasteiger partial charge on any atom is 0.150 e. The number of carbonyl (C=O) groups is 1. The van der Waals surface area contributed by atoms with Gasteiger partial charge in [0.25, 0.3) is 0 Å². The van der Waals surface area contributed by atoms with Gasteiger partial charge in [0.1, 0.15) is 5.82 Å². The minimum atomic E-state index is 0.335. The van der Waals surface area contributed by atoms with E-state index in [1.54, 1.807) is 0 Å². The fourth-order valence-electron chi connectivity index (χ4n) is 4.15. The highest BCUT2D eigenvalue weighted by Gasteiger charge is 2.42. The quantitative estimate of drug-likeness (QED) is 0.768. The van der Waals surface area contributed by atoms with Crippen LogP contribution in [0.25, 0.3) is 11.1 Å². The third kappa shape index (κ3) is 3.26. The van der Waals surface area contributed by atoms with E-state index in [0.29, 0.717) is 11.1 Å². The molecule has 1 aliphatic heterocycles. The van der Waals surface area contributed by atoms with E-state index in [1.807, 2.05) is 30.5 Å². The second-order valence-corrected chi connectivity index (χ2v) is 8.01. The lowest BCUT2D eigenvalue weighted by atomic mass is 9.95. The Morgan fingerprint density at radius 1 is 1.04 bits per heavy atom. The number of piperazine rings is 1. The average molecular weight is 349 g/mol. The lowest BCUT2D eigenvalue weighted by molar-refractivity contribution is 0.0918. The van der Waals surface area contributed by atoms with Crippen LogP contribution in [0, 0.1) is 5.92 Å². The summed E-state index contributed by atoms with van der Waals surface area (Å²) in [5.74, 6) is 1.91. The first-order chi connectivity index (χ1) is 12.6. The van der Waals surface area contributed by atoms with Gasteiger partial charge in [-0.1, -0.05) is 24.3 Å². The van der Waals surface area contributed by atoms with Gasteiger partial charge in [0.05, 0.1) is 0 Å². The van der Waals surface area contributed by atoms with Gasteiger partial charge in [-0.05, 0) is 50.3 Å². The second-order valence-electron chi connectivity index (χ2n) is 8.01. The molecule has 1 aromatic carbocycles. The van der Waals surface area contributed by atoms with Crippen LogP contribution in [-0.4, -0.2) is 47.9 Å². The van der Waals surface area contributed by atoms with E-state index in [9.17, 15) is 4.79 Å². The van der Waals surface area contributed by atoms with Crippen molar-refractivity contribution in [3.05, 3.63) is 48.2 Å². The van der Waals surface area contributed by atoms with E-state index >= 15 is 0 Å². The normalized spacial score (nSPS) is 18.8. The molecule has 2 heterocycles. The molecule has 0 radical (unpaired) electrons. The number of aldehydes is 1. The summed E-state index contributed by atoms with van der Waals surface area (Å²) in [7, 11) is 0. The molecule has 1 saturated heterocycles. The topological polar surface area (TPSA) is 36.4 Å². The SMILES string of the molecule is CC(C)(C1CC1)N1CCN(c2ccc(-c3ccccc3C=O)cn2)CC1. The molecule has 0 spiro atoms. The van der Waals surface area contributed by atoms with Crippen molar-refractivity contribution in [2.75, 3.05) is 31.1 Å². The molecule has 4 heteroatoms. The summed E-state index contributed by atoms with van der Waals surface area (Å²) in [6.07, 6.45) is 5.57. The molecule has 2 fully saturated rings. The maximum atomic E-state index is 11.2. The van der Waals surface area contributed by atoms with Gasteiger partial charge in [0.2, 0.25) is 0 Å². The molecule has 1 aromatic heterocycles. The minimum absolute atomic E-state index is 0.335. The number of rotatable bonds is 5. The fraction of sp³-hybridized carbons (Fsp3) is 0.455. The van der Waals surface area contributed by atoms with E-state index < -0.39 is 0 Å². The molecule has 0 amide bonds. The number of hydrogen-bond donors (Lipinski definition) is 0. The number of nitrogens with zero attached hydrogens (tertiary/aromatic N) is 3. The molecule has 4 nitrogen and oxygen atoms in total. The first kappa shape index (κ1) is 17.2. The van der Waals surface area contributed by atoms with Gasteiger partial charge in [0.15, 0.2) is 6.29 Å². The van der Waals surface area contributed by atoms with Gasteiger partial charge in [-0.3, -0.25) is 9.69 Å². The van der Waals surface area contributed by atoms with Crippen LogP contribution in [0.1, 0.15) is 37.0 Å². The van der Waals surface area contributed by atoms with Crippen LogP contribution < -0.4 is 4.90 Å². The molecule has 136 valence electrons. The molecule has 1 aliphatic carbocycles. The first-order valence-corrected chi connectivity index (χ1v) is 9.60. The number of hydrogen-bond acceptors (Lipinski definition) is 4. The van der Waals surface area contributed by atoms with Crippen LogP contribution in [0.5, 0.6) is 0 Å². The predicted molar refractivity (Wildman–Crippen MR) is 106 cm³/mol. The van der Waals surface area contributed by atoms with Gasteiger partial charge < -0.3 is 4.90 Å². The molecule has 2 aromatic rings. The lowest BCUT2D eigenvalue weighted by Gasteiger charge is -2.44. The Hall–Kier alpha value is -2.20. The van der Waals surface area contributed by atoms with E-state index in [4.69, 9.17) is 0 Å². The molecule has 0 N–H and O–H groups in total. The Morgan fingerprint density at radius 3 is 2.38 bits per heavy atom. The molecule has 4 rings (SSSR count). The third-order valence-electron chi connectivity index (χ3n) is 6.14. The summed E-state index contributed by atoms with van der Waals surface area (Å²) >= 11 is 0. The fourth-order valence-corrected chi connectivity index (χ4v) is 4.15. The lowest BCUT2D eigenvalue weighted by Crippen LogP contribution is -2.55. The van der Waals surface area contributed by atoms with Crippen molar-refractivity contribution in [3.8, 4) is 11.1 Å². The van der Waals surface area contributed by atoms with Crippen LogP contribution in [-0.2, 0) is 0 Å². The molecule has 0 atom stereocenters. The highest BCUT2D eigenvalue weighted by molar-refractivity contribution is 5.87. The minimum Gasteiger partial charge on any atom is -0.354 e. The van der Waals surface area contributed by atoms with Crippen molar-refractivity contribution in [1.29, 1.82) is 0 Å². The maximum absolute atomic E-state index is 11.2. The Labute approximate surface area is 155 Å². The molecule has 0 bridgehead atoms. The van der Waals surface area contributed by atoms with Gasteiger partial charge in [-0.2, -0.15) is 0 Å². The van der Waals surface area contributed by atoms with Gasteiger partial charge in [0, 0.05) is 49.0 Å². The predicted octanol–water partition coefficient (Wildman–Crippen LogP) is 3.87. The molecule has 26 heavy (non-hydrogen) atoms. The summed E-state index contributed by atoms with van der Waals surface area (Å²) in [5.41, 5.74) is 2.97. The zero-order chi connectivity index (χ0) is 18.1. The zero-order valence-corrected chi connectivity index (χ0v) is 15.7. The van der Waals surface area contributed by atoms with Crippen molar-refractivity contribution >= 4 is 12.1 Å². The number of carbonyl (C=O) groups excluding carboxylic acids is 1.